The molecular formula is C27H24F3N5O4. The Balaban J connectivity index is 1.35. The van der Waals surface area contributed by atoms with Crippen LogP contribution in [0.1, 0.15) is 28.4 Å². The lowest BCUT2D eigenvalue weighted by Gasteiger charge is -2.35. The van der Waals surface area contributed by atoms with Crippen LogP contribution in [0.2, 0.25) is 0 Å². The number of hydrogen-bond acceptors (Lipinski definition) is 7. The highest BCUT2D eigenvalue weighted by Crippen LogP contribution is 2.32. The van der Waals surface area contributed by atoms with Crippen molar-refractivity contribution in [3.63, 3.8) is 0 Å². The summed E-state index contributed by atoms with van der Waals surface area (Å²) >= 11 is 0. The molecule has 202 valence electrons. The van der Waals surface area contributed by atoms with Crippen LogP contribution < -0.4 is 5.56 Å². The Hall–Kier alpha value is -4.32. The summed E-state index contributed by atoms with van der Waals surface area (Å²) in [6, 6.07) is 15.4. The van der Waals surface area contributed by atoms with Crippen LogP contribution >= 0.6 is 0 Å². The number of likely N-dealkylation sites (tertiary alicyclic amines) is 1. The molecule has 5 rings (SSSR count). The molecule has 0 saturated carbocycles. The van der Waals surface area contributed by atoms with E-state index in [4.69, 9.17) is 4.52 Å². The maximum absolute atomic E-state index is 13.4. The number of nitrogens with zero attached hydrogens (tertiary/aromatic N) is 5. The second kappa shape index (κ2) is 10.4. The van der Waals surface area contributed by atoms with E-state index >= 15 is 0 Å². The van der Waals surface area contributed by atoms with E-state index in [1.165, 1.54) is 46.0 Å². The normalized spacial score (nSPS) is 15.3. The van der Waals surface area contributed by atoms with Crippen molar-refractivity contribution in [3.05, 3.63) is 87.7 Å². The third-order valence-corrected chi connectivity index (χ3v) is 6.73. The van der Waals surface area contributed by atoms with Crippen LogP contribution in [0.25, 0.3) is 23.0 Å². The van der Waals surface area contributed by atoms with Crippen molar-refractivity contribution in [2.75, 3.05) is 19.8 Å². The third-order valence-electron chi connectivity index (χ3n) is 6.73. The van der Waals surface area contributed by atoms with Gasteiger partial charge in [0.2, 0.25) is 12.2 Å². The van der Waals surface area contributed by atoms with Gasteiger partial charge in [-0.3, -0.25) is 9.59 Å². The van der Waals surface area contributed by atoms with Crippen molar-refractivity contribution >= 4 is 5.91 Å². The van der Waals surface area contributed by atoms with Crippen molar-refractivity contribution in [1.29, 1.82) is 0 Å². The van der Waals surface area contributed by atoms with E-state index in [0.717, 1.165) is 6.92 Å². The number of hydrogen-bond donors (Lipinski definition) is 1. The van der Waals surface area contributed by atoms with Gasteiger partial charge in [-0.25, -0.2) is 17.9 Å². The lowest BCUT2D eigenvalue weighted by molar-refractivity contribution is 0.00589. The lowest BCUT2D eigenvalue weighted by Crippen LogP contribution is -2.53. The maximum Gasteiger partial charge on any atom is 0.278 e. The standard InChI is InChI=1S/C27H24F3N5O4/c1-27(15-28,26(29)30)19-7-5-17(6-8-19)23-31-24(39-33-23)21-9-10-22(37)35(32-21)12-16-3-2-4-18(11-16)25(38)34-13-20(36)14-34/h2-11,20,26,36H,12-15H2,1H3. The summed E-state index contributed by atoms with van der Waals surface area (Å²) in [5.41, 5.74) is -0.340. The van der Waals surface area contributed by atoms with Gasteiger partial charge in [0.1, 0.15) is 12.4 Å². The number of rotatable bonds is 8. The Morgan fingerprint density at radius 2 is 1.90 bits per heavy atom. The number of alkyl halides is 3. The van der Waals surface area contributed by atoms with Crippen molar-refractivity contribution in [2.45, 2.75) is 31.4 Å². The molecule has 9 nitrogen and oxygen atoms in total. The minimum Gasteiger partial charge on any atom is -0.389 e. The third kappa shape index (κ3) is 5.19. The fourth-order valence-corrected chi connectivity index (χ4v) is 4.16. The molecule has 1 saturated heterocycles. The van der Waals surface area contributed by atoms with Crippen molar-refractivity contribution in [2.24, 2.45) is 0 Å². The molecule has 3 heterocycles. The second-order valence-corrected chi connectivity index (χ2v) is 9.63. The number of β-amino-alcohol motifs (C(OH)–C–C–N with tert-alkyl or cyclic N) is 1. The van der Waals surface area contributed by atoms with Gasteiger partial charge in [0.05, 0.1) is 18.1 Å². The van der Waals surface area contributed by atoms with Crippen LogP contribution in [-0.4, -0.2) is 68.1 Å². The van der Waals surface area contributed by atoms with E-state index in [1.54, 1.807) is 24.3 Å². The lowest BCUT2D eigenvalue weighted by atomic mass is 9.84. The van der Waals surface area contributed by atoms with E-state index in [0.29, 0.717) is 16.7 Å². The van der Waals surface area contributed by atoms with Crippen LogP contribution in [0.3, 0.4) is 0 Å². The van der Waals surface area contributed by atoms with Crippen LogP contribution in [-0.2, 0) is 12.0 Å². The summed E-state index contributed by atoms with van der Waals surface area (Å²) in [6.07, 6.45) is -3.38. The predicted molar refractivity (Wildman–Crippen MR) is 134 cm³/mol. The van der Waals surface area contributed by atoms with E-state index in [1.807, 2.05) is 0 Å². The SMILES string of the molecule is CC(CF)(c1ccc(-c2noc(-c3ccc(=O)n(Cc4cccc(C(=O)N5CC(O)C5)c4)n3)n2)cc1)C(F)F. The molecule has 39 heavy (non-hydrogen) atoms. The van der Waals surface area contributed by atoms with E-state index < -0.39 is 24.6 Å². The van der Waals surface area contributed by atoms with Crippen molar-refractivity contribution in [1.82, 2.24) is 24.8 Å². The monoisotopic (exact) mass is 539 g/mol. The molecule has 4 aromatic rings. The first-order chi connectivity index (χ1) is 18.7. The van der Waals surface area contributed by atoms with E-state index in [9.17, 15) is 27.9 Å². The number of benzene rings is 2. The predicted octanol–water partition coefficient (Wildman–Crippen LogP) is 3.32. The average molecular weight is 540 g/mol. The molecule has 1 aliphatic heterocycles. The van der Waals surface area contributed by atoms with Gasteiger partial charge in [0, 0.05) is 30.3 Å². The molecule has 0 spiro atoms. The maximum atomic E-state index is 13.4. The van der Waals surface area contributed by atoms with Crippen LogP contribution in [0, 0.1) is 0 Å². The molecule has 1 N–H and O–H groups in total. The Morgan fingerprint density at radius 3 is 2.56 bits per heavy atom. The summed E-state index contributed by atoms with van der Waals surface area (Å²) in [5.74, 6) is -0.00662. The molecule has 1 amide bonds. The molecule has 0 radical (unpaired) electrons. The fraction of sp³-hybridized carbons (Fsp3) is 0.296. The zero-order valence-corrected chi connectivity index (χ0v) is 20.8. The average Bonchev–Trinajstić information content (AvgIpc) is 3.42. The van der Waals surface area contributed by atoms with E-state index in [2.05, 4.69) is 15.2 Å². The van der Waals surface area contributed by atoms with Crippen LogP contribution in [0.4, 0.5) is 13.2 Å². The fourth-order valence-electron chi connectivity index (χ4n) is 4.16. The molecule has 1 unspecified atom stereocenters. The molecule has 1 fully saturated rings. The molecule has 2 aromatic heterocycles. The van der Waals surface area contributed by atoms with Crippen molar-refractivity contribution in [3.8, 4) is 23.0 Å². The number of amides is 1. The highest BCUT2D eigenvalue weighted by atomic mass is 19.3. The van der Waals surface area contributed by atoms with Gasteiger partial charge in [0.15, 0.2) is 0 Å². The number of aliphatic hydroxyl groups is 1. The van der Waals surface area contributed by atoms with Gasteiger partial charge >= 0.3 is 0 Å². The number of halogens is 3. The Kier molecular flexibility index (Phi) is 7.04. The van der Waals surface area contributed by atoms with Gasteiger partial charge < -0.3 is 14.5 Å². The Morgan fingerprint density at radius 1 is 1.15 bits per heavy atom. The van der Waals surface area contributed by atoms with Crippen molar-refractivity contribution < 1.29 is 27.6 Å². The van der Waals surface area contributed by atoms with E-state index in [-0.39, 0.29) is 54.1 Å². The highest BCUT2D eigenvalue weighted by Gasteiger charge is 2.37. The van der Waals surface area contributed by atoms with Gasteiger partial charge in [0.25, 0.3) is 17.4 Å². The highest BCUT2D eigenvalue weighted by molar-refractivity contribution is 5.95. The summed E-state index contributed by atoms with van der Waals surface area (Å²) in [5, 5.41) is 17.7. The molecule has 0 bridgehead atoms. The first-order valence-corrected chi connectivity index (χ1v) is 12.1. The number of carbonyl (C=O) groups is 1. The molecular weight excluding hydrogens is 515 g/mol. The number of carbonyl (C=O) groups excluding carboxylic acids is 1. The molecule has 2 aromatic carbocycles. The minimum absolute atomic E-state index is 0.0317. The van der Waals surface area contributed by atoms with Gasteiger partial charge in [-0.05, 0) is 36.2 Å². The van der Waals surface area contributed by atoms with Gasteiger partial charge in [-0.15, -0.1) is 0 Å². The van der Waals surface area contributed by atoms with Crippen LogP contribution in [0.5, 0.6) is 0 Å². The first-order valence-electron chi connectivity index (χ1n) is 12.1. The summed E-state index contributed by atoms with van der Waals surface area (Å²) in [7, 11) is 0. The Labute approximate surface area is 220 Å². The summed E-state index contributed by atoms with van der Waals surface area (Å²) in [6.45, 7) is 0.604. The number of aliphatic hydroxyl groups excluding tert-OH is 1. The van der Waals surface area contributed by atoms with Gasteiger partial charge in [-0.2, -0.15) is 10.1 Å². The quantitative estimate of drug-likeness (QED) is 0.365. The zero-order chi connectivity index (χ0) is 27.7. The second-order valence-electron chi connectivity index (χ2n) is 9.63. The summed E-state index contributed by atoms with van der Waals surface area (Å²) in [4.78, 5) is 30.9. The molecule has 0 aliphatic carbocycles. The van der Waals surface area contributed by atoms with Crippen LogP contribution in [0.15, 0.2) is 70.0 Å². The Bertz CT molecular complexity index is 1550. The van der Waals surface area contributed by atoms with Gasteiger partial charge in [-0.1, -0.05) is 41.6 Å². The zero-order valence-electron chi connectivity index (χ0n) is 20.8. The number of aromatic nitrogens is 4. The smallest absolute Gasteiger partial charge is 0.278 e. The molecule has 1 atom stereocenters. The first kappa shape index (κ1) is 26.3. The molecule has 12 heteroatoms. The summed E-state index contributed by atoms with van der Waals surface area (Å²) < 4.78 is 46.6. The topological polar surface area (TPSA) is 114 Å². The largest absolute Gasteiger partial charge is 0.389 e. The minimum atomic E-state index is -2.87. The molecule has 1 aliphatic rings.